The summed E-state index contributed by atoms with van der Waals surface area (Å²) in [5, 5.41) is 12.5. The van der Waals surface area contributed by atoms with E-state index in [2.05, 4.69) is 15.6 Å². The van der Waals surface area contributed by atoms with E-state index in [0.29, 0.717) is 0 Å². The van der Waals surface area contributed by atoms with Crippen molar-refractivity contribution in [3.8, 4) is 5.75 Å². The van der Waals surface area contributed by atoms with Crippen molar-refractivity contribution in [3.05, 3.63) is 47.2 Å². The van der Waals surface area contributed by atoms with E-state index in [-0.39, 0.29) is 35.7 Å². The molecule has 0 saturated carbocycles. The fraction of sp³-hybridized carbons (Fsp3) is 0.417. The summed E-state index contributed by atoms with van der Waals surface area (Å²) in [6, 6.07) is 4.10. The highest BCUT2D eigenvalue weighted by Gasteiger charge is 2.65. The van der Waals surface area contributed by atoms with E-state index >= 15 is 0 Å². The van der Waals surface area contributed by atoms with Crippen LogP contribution in [0.15, 0.2) is 24.3 Å². The number of nitrogens with one attached hydrogen (secondary N) is 3. The highest BCUT2D eigenvalue weighted by Crippen LogP contribution is 2.55. The molecule has 2 heterocycles. The second kappa shape index (κ2) is 11.1. The molecular weight excluding hydrogens is 531 g/mol. The van der Waals surface area contributed by atoms with Gasteiger partial charge < -0.3 is 31.6 Å². The summed E-state index contributed by atoms with van der Waals surface area (Å²) >= 11 is 0. The lowest BCUT2D eigenvalue weighted by Gasteiger charge is -2.32. The van der Waals surface area contributed by atoms with Gasteiger partial charge in [0.2, 0.25) is 11.7 Å². The summed E-state index contributed by atoms with van der Waals surface area (Å²) in [6.07, 6.45) is -6.85. The van der Waals surface area contributed by atoms with E-state index in [1.165, 1.54) is 13.0 Å². The van der Waals surface area contributed by atoms with E-state index in [1.807, 2.05) is 0 Å². The van der Waals surface area contributed by atoms with Crippen molar-refractivity contribution >= 4 is 29.2 Å². The Balaban J connectivity index is 2.06. The third kappa shape index (κ3) is 5.78. The maximum Gasteiger partial charge on any atom is 0.417 e. The quantitative estimate of drug-likeness (QED) is 0.189. The minimum Gasteiger partial charge on any atom is -0.493 e. The first kappa shape index (κ1) is 29.7. The van der Waals surface area contributed by atoms with Gasteiger partial charge >= 0.3 is 6.18 Å². The van der Waals surface area contributed by atoms with Gasteiger partial charge in [-0.15, -0.1) is 0 Å². The number of halogens is 5. The van der Waals surface area contributed by atoms with E-state index in [0.717, 1.165) is 32.2 Å². The van der Waals surface area contributed by atoms with Gasteiger partial charge in [-0.25, -0.2) is 9.37 Å². The van der Waals surface area contributed by atoms with Gasteiger partial charge in [-0.1, -0.05) is 13.0 Å². The number of anilines is 2. The monoisotopic (exact) mass is 558 g/mol. The zero-order chi connectivity index (χ0) is 29.3. The fourth-order valence-corrected chi connectivity index (χ4v) is 4.39. The van der Waals surface area contributed by atoms with Crippen molar-refractivity contribution in [1.82, 2.24) is 4.98 Å². The van der Waals surface area contributed by atoms with Gasteiger partial charge in [0, 0.05) is 42.1 Å². The Hall–Kier alpha value is -3.85. The molecule has 1 aliphatic rings. The van der Waals surface area contributed by atoms with Crippen LogP contribution in [0.1, 0.15) is 37.4 Å². The largest absolute Gasteiger partial charge is 0.493 e. The number of benzene rings is 1. The second-order valence-corrected chi connectivity index (χ2v) is 9.06. The Labute approximate surface area is 219 Å². The van der Waals surface area contributed by atoms with Gasteiger partial charge in [0.15, 0.2) is 17.2 Å². The van der Waals surface area contributed by atoms with E-state index in [9.17, 15) is 31.5 Å². The highest BCUT2D eigenvalue weighted by atomic mass is 19.4. The van der Waals surface area contributed by atoms with Crippen LogP contribution in [-0.2, 0) is 14.3 Å². The Bertz CT molecular complexity index is 1290. The zero-order valence-electron chi connectivity index (χ0n) is 21.1. The molecule has 15 heteroatoms. The summed E-state index contributed by atoms with van der Waals surface area (Å²) in [4.78, 5) is 29.3. The van der Waals surface area contributed by atoms with Gasteiger partial charge in [-0.3, -0.25) is 15.0 Å². The summed E-state index contributed by atoms with van der Waals surface area (Å²) in [6.45, 7) is 1.97. The van der Waals surface area contributed by atoms with Crippen LogP contribution in [-0.4, -0.2) is 54.2 Å². The summed E-state index contributed by atoms with van der Waals surface area (Å²) < 4.78 is 81.1. The molecule has 1 saturated heterocycles. The maximum absolute atomic E-state index is 14.5. The van der Waals surface area contributed by atoms with Gasteiger partial charge in [-0.2, -0.15) is 17.6 Å². The van der Waals surface area contributed by atoms with Gasteiger partial charge in [0.25, 0.3) is 5.91 Å². The smallest absolute Gasteiger partial charge is 0.417 e. The first-order chi connectivity index (χ1) is 18.1. The van der Waals surface area contributed by atoms with Crippen LogP contribution in [0.25, 0.3) is 0 Å². The molecule has 1 aromatic heterocycles. The number of aromatic nitrogens is 1. The van der Waals surface area contributed by atoms with E-state index in [1.54, 1.807) is 0 Å². The van der Waals surface area contributed by atoms with Crippen molar-refractivity contribution in [2.24, 2.45) is 17.4 Å². The average molecular weight is 559 g/mol. The van der Waals surface area contributed by atoms with Gasteiger partial charge in [-0.05, 0) is 19.1 Å². The minimum atomic E-state index is -4.94. The van der Waals surface area contributed by atoms with Crippen molar-refractivity contribution in [3.63, 3.8) is 0 Å². The molecule has 7 N–H and O–H groups in total. The van der Waals surface area contributed by atoms with Gasteiger partial charge in [0.1, 0.15) is 23.5 Å². The van der Waals surface area contributed by atoms with Crippen molar-refractivity contribution in [1.29, 1.82) is 5.41 Å². The molecular formula is C24H27F5N6O4. The number of amidine groups is 1. The number of pyridine rings is 1. The van der Waals surface area contributed by atoms with Crippen molar-refractivity contribution in [2.75, 3.05) is 24.3 Å². The van der Waals surface area contributed by atoms with Crippen molar-refractivity contribution in [2.45, 2.75) is 44.1 Å². The number of methoxy groups -OCH3 is 1. The lowest BCUT2D eigenvalue weighted by atomic mass is 9.77. The highest BCUT2D eigenvalue weighted by molar-refractivity contribution is 6.00. The molecule has 0 aliphatic carbocycles. The third-order valence-electron chi connectivity index (χ3n) is 6.58. The minimum absolute atomic E-state index is 0.0336. The predicted molar refractivity (Wildman–Crippen MR) is 130 cm³/mol. The number of carbonyl (C=O) groups is 2. The number of nitrogens with zero attached hydrogens (tertiary/aromatic N) is 1. The number of carbonyl (C=O) groups excluding carboxylic acids is 2. The lowest BCUT2D eigenvalue weighted by molar-refractivity contribution is -0.272. The normalized spacial score (nSPS) is 22.8. The van der Waals surface area contributed by atoms with Crippen LogP contribution in [0.3, 0.4) is 0 Å². The summed E-state index contributed by atoms with van der Waals surface area (Å²) in [5.41, 5.74) is 7.55. The fourth-order valence-electron chi connectivity index (χ4n) is 4.39. The molecule has 212 valence electrons. The predicted octanol–water partition coefficient (Wildman–Crippen LogP) is 3.02. The number of alkyl halides is 3. The van der Waals surface area contributed by atoms with E-state index in [4.69, 9.17) is 26.4 Å². The number of nitrogens with two attached hydrogens (primary N) is 2. The molecule has 0 radical (unpaired) electrons. The molecule has 2 aromatic rings. The zero-order valence-corrected chi connectivity index (χ0v) is 21.1. The topological polar surface area (TPSA) is 165 Å². The average Bonchev–Trinajstić information content (AvgIpc) is 3.12. The van der Waals surface area contributed by atoms with Crippen LogP contribution in [0.2, 0.25) is 0 Å². The molecule has 1 fully saturated rings. The molecule has 0 bridgehead atoms. The Morgan fingerprint density at radius 1 is 1.23 bits per heavy atom. The number of hydrogen-bond donors (Lipinski definition) is 5. The molecule has 1 aliphatic heterocycles. The molecule has 1 aromatic carbocycles. The second-order valence-electron chi connectivity index (χ2n) is 9.06. The van der Waals surface area contributed by atoms with Crippen LogP contribution in [0.4, 0.5) is 33.5 Å². The van der Waals surface area contributed by atoms with Crippen LogP contribution in [0, 0.1) is 23.0 Å². The Morgan fingerprint density at radius 3 is 2.46 bits per heavy atom. The molecule has 10 nitrogen and oxygen atoms in total. The molecule has 3 rings (SSSR count). The maximum atomic E-state index is 14.5. The first-order valence-electron chi connectivity index (χ1n) is 11.6. The standard InChI is InChI=1S/C24H27F5N6O4/c1-10-17(12-4-5-13(25)18(26)19(12)38-3)20(39-23(10,2)24(27,28)29)22(37)33-11-8-14(21(31)32)34-15(9-11)35-16(36)6-7-30/h4-5,8-10,17,20H,6-7,30H2,1-3H3,(H3,31,32)(H2,33,34,35,36,37)/t10-,17-,20+,23+/m0/s1. The number of ether oxygens (including phenoxy) is 2. The summed E-state index contributed by atoms with van der Waals surface area (Å²) in [7, 11) is 1.01. The van der Waals surface area contributed by atoms with Crippen LogP contribution < -0.4 is 26.8 Å². The Kier molecular flexibility index (Phi) is 8.45. The Morgan fingerprint density at radius 2 is 1.90 bits per heavy atom. The first-order valence-corrected chi connectivity index (χ1v) is 11.6. The van der Waals surface area contributed by atoms with Gasteiger partial charge in [0.05, 0.1) is 7.11 Å². The van der Waals surface area contributed by atoms with E-state index < -0.39 is 64.8 Å². The molecule has 4 atom stereocenters. The lowest BCUT2D eigenvalue weighted by Crippen LogP contribution is -2.47. The molecule has 2 amide bonds. The summed E-state index contributed by atoms with van der Waals surface area (Å²) in [5.74, 6) is -8.51. The van der Waals surface area contributed by atoms with Crippen LogP contribution >= 0.6 is 0 Å². The SMILES string of the molecule is COc1c([C@H]2[C@H](C(=O)Nc3cc(NC(=O)CCN)nc(C(=N)N)c3)O[C@@](C)(C(F)(F)F)[C@H]2C)ccc(F)c1F. The third-order valence-corrected chi connectivity index (χ3v) is 6.58. The molecule has 0 unspecified atom stereocenters. The number of rotatable bonds is 8. The number of nitrogen functional groups attached to an aromatic ring is 1. The van der Waals surface area contributed by atoms with Crippen molar-refractivity contribution < 1.29 is 41.0 Å². The number of hydrogen-bond acceptors (Lipinski definition) is 7. The molecule has 39 heavy (non-hydrogen) atoms. The van der Waals surface area contributed by atoms with Crippen LogP contribution in [0.5, 0.6) is 5.75 Å². The number of amides is 2. The molecule has 0 spiro atoms.